The maximum Gasteiger partial charge on any atom is 0.263 e. The van der Waals surface area contributed by atoms with E-state index in [0.717, 1.165) is 6.42 Å². The first-order valence-corrected chi connectivity index (χ1v) is 7.61. The molecule has 0 fully saturated rings. The van der Waals surface area contributed by atoms with E-state index in [1.54, 1.807) is 30.8 Å². The van der Waals surface area contributed by atoms with Gasteiger partial charge in [-0.15, -0.1) is 0 Å². The first-order chi connectivity index (χ1) is 10.9. The minimum atomic E-state index is -0.337. The van der Waals surface area contributed by atoms with Crippen molar-refractivity contribution < 1.29 is 9.32 Å². The summed E-state index contributed by atoms with van der Waals surface area (Å²) < 4.78 is 6.26. The molecule has 0 spiro atoms. The molecule has 0 unspecified atom stereocenters. The van der Waals surface area contributed by atoms with Crippen molar-refractivity contribution in [2.45, 2.75) is 40.3 Å². The Bertz CT molecular complexity index is 719. The number of pyridine rings is 1. The maximum atomic E-state index is 12.6. The second-order valence-electron chi connectivity index (χ2n) is 6.06. The molecule has 7 nitrogen and oxygen atoms in total. The molecule has 0 aliphatic rings. The van der Waals surface area contributed by atoms with Gasteiger partial charge in [0.15, 0.2) is 5.82 Å². The number of carbonyl (C=O) groups excluding carboxylic acids is 1. The molecule has 0 aliphatic carbocycles. The third kappa shape index (κ3) is 4.06. The highest BCUT2D eigenvalue weighted by Crippen LogP contribution is 2.09. The number of aryl methyl sites for hydroxylation is 2. The summed E-state index contributed by atoms with van der Waals surface area (Å²) in [5.41, 5.74) is 0.610. The zero-order valence-corrected chi connectivity index (χ0v) is 13.9. The highest BCUT2D eigenvalue weighted by molar-refractivity contribution is 5.95. The molecule has 1 amide bonds. The fraction of sp³-hybridized carbons (Fsp3) is 0.500. The van der Waals surface area contributed by atoms with Crippen LogP contribution < -0.4 is 5.56 Å². The lowest BCUT2D eigenvalue weighted by molar-refractivity contribution is 0.0777. The van der Waals surface area contributed by atoms with Gasteiger partial charge in [-0.25, -0.2) is 0 Å². The van der Waals surface area contributed by atoms with Crippen LogP contribution in [0.2, 0.25) is 0 Å². The van der Waals surface area contributed by atoms with Gasteiger partial charge in [0, 0.05) is 19.8 Å². The molecule has 124 valence electrons. The van der Waals surface area contributed by atoms with Gasteiger partial charge in [0.05, 0.1) is 6.54 Å². The summed E-state index contributed by atoms with van der Waals surface area (Å²) in [6.45, 7) is 6.76. The van der Waals surface area contributed by atoms with E-state index >= 15 is 0 Å². The molecule has 2 heterocycles. The quantitative estimate of drug-likeness (QED) is 0.812. The van der Waals surface area contributed by atoms with Gasteiger partial charge in [0.1, 0.15) is 5.56 Å². The highest BCUT2D eigenvalue weighted by atomic mass is 16.5. The van der Waals surface area contributed by atoms with E-state index in [2.05, 4.69) is 28.5 Å². The van der Waals surface area contributed by atoms with Crippen molar-refractivity contribution in [2.75, 3.05) is 7.05 Å². The fourth-order valence-electron chi connectivity index (χ4n) is 2.24. The van der Waals surface area contributed by atoms with Gasteiger partial charge in [-0.1, -0.05) is 19.0 Å². The molecule has 0 bridgehead atoms. The topological polar surface area (TPSA) is 81.2 Å². The van der Waals surface area contributed by atoms with Crippen molar-refractivity contribution >= 4 is 5.91 Å². The van der Waals surface area contributed by atoms with Gasteiger partial charge in [-0.05, 0) is 30.9 Å². The third-order valence-corrected chi connectivity index (χ3v) is 3.67. The number of aromatic nitrogens is 3. The van der Waals surface area contributed by atoms with Crippen LogP contribution in [0.15, 0.2) is 28.0 Å². The lowest BCUT2D eigenvalue weighted by Crippen LogP contribution is -2.35. The van der Waals surface area contributed by atoms with Crippen LogP contribution in [0, 0.1) is 12.8 Å². The Kier molecular flexibility index (Phi) is 5.31. The van der Waals surface area contributed by atoms with Crippen LogP contribution in [0.3, 0.4) is 0 Å². The molecule has 0 saturated carbocycles. The highest BCUT2D eigenvalue weighted by Gasteiger charge is 2.20. The number of rotatable bonds is 6. The molecule has 0 saturated heterocycles. The SMILES string of the molecule is Cc1ccn(CCC(C)C)c(=O)c1C(=O)N(C)Cc1ncon1. The van der Waals surface area contributed by atoms with Gasteiger partial charge in [0.25, 0.3) is 11.5 Å². The number of hydrogen-bond acceptors (Lipinski definition) is 5. The predicted molar refractivity (Wildman–Crippen MR) is 85.0 cm³/mol. The first kappa shape index (κ1) is 16.9. The predicted octanol–water partition coefficient (Wildman–Crippen LogP) is 1.86. The standard InChI is InChI=1S/C16H22N4O3/c1-11(2)5-7-20-8-6-12(3)14(16(20)22)15(21)19(4)9-13-17-10-23-18-13/h6,8,10-11H,5,7,9H2,1-4H3. The summed E-state index contributed by atoms with van der Waals surface area (Å²) in [5, 5.41) is 3.68. The average Bonchev–Trinajstić information content (AvgIpc) is 2.99. The van der Waals surface area contributed by atoms with Crippen LogP contribution in [0.25, 0.3) is 0 Å². The Balaban J connectivity index is 2.24. The molecule has 0 atom stereocenters. The molecule has 2 aromatic heterocycles. The molecular weight excluding hydrogens is 296 g/mol. The second-order valence-corrected chi connectivity index (χ2v) is 6.06. The largest absolute Gasteiger partial charge is 0.343 e. The fourth-order valence-corrected chi connectivity index (χ4v) is 2.24. The Morgan fingerprint density at radius 1 is 1.43 bits per heavy atom. The normalized spacial score (nSPS) is 11.0. The van der Waals surface area contributed by atoms with Crippen molar-refractivity contribution in [3.8, 4) is 0 Å². The Morgan fingerprint density at radius 3 is 2.78 bits per heavy atom. The zero-order chi connectivity index (χ0) is 17.0. The van der Waals surface area contributed by atoms with Crippen LogP contribution in [0.4, 0.5) is 0 Å². The third-order valence-electron chi connectivity index (χ3n) is 3.67. The van der Waals surface area contributed by atoms with Crippen molar-refractivity contribution in [3.05, 3.63) is 46.0 Å². The smallest absolute Gasteiger partial charge is 0.263 e. The van der Waals surface area contributed by atoms with Crippen LogP contribution in [0.1, 0.15) is 42.0 Å². The minimum absolute atomic E-state index is 0.190. The van der Waals surface area contributed by atoms with E-state index in [1.807, 2.05) is 0 Å². The lowest BCUT2D eigenvalue weighted by atomic mass is 10.1. The summed E-state index contributed by atoms with van der Waals surface area (Å²) in [7, 11) is 1.61. The molecule has 7 heteroatoms. The van der Waals surface area contributed by atoms with Gasteiger partial charge < -0.3 is 14.0 Å². The van der Waals surface area contributed by atoms with E-state index < -0.39 is 0 Å². The summed E-state index contributed by atoms with van der Waals surface area (Å²) in [6.07, 6.45) is 3.84. The van der Waals surface area contributed by atoms with Crippen molar-refractivity contribution in [2.24, 2.45) is 5.92 Å². The summed E-state index contributed by atoms with van der Waals surface area (Å²) in [5.74, 6) is 0.550. The van der Waals surface area contributed by atoms with Crippen LogP contribution >= 0.6 is 0 Å². The van der Waals surface area contributed by atoms with Crippen LogP contribution in [-0.2, 0) is 13.1 Å². The van der Waals surface area contributed by atoms with E-state index in [0.29, 0.717) is 23.9 Å². The van der Waals surface area contributed by atoms with Crippen molar-refractivity contribution in [1.29, 1.82) is 0 Å². The van der Waals surface area contributed by atoms with Gasteiger partial charge in [0.2, 0.25) is 6.39 Å². The van der Waals surface area contributed by atoms with E-state index in [-0.39, 0.29) is 23.6 Å². The molecule has 0 N–H and O–H groups in total. The number of amides is 1. The number of nitrogens with zero attached hydrogens (tertiary/aromatic N) is 4. The minimum Gasteiger partial charge on any atom is -0.343 e. The Morgan fingerprint density at radius 2 is 2.17 bits per heavy atom. The molecule has 0 aliphatic heterocycles. The lowest BCUT2D eigenvalue weighted by Gasteiger charge is -2.17. The van der Waals surface area contributed by atoms with Crippen molar-refractivity contribution in [1.82, 2.24) is 19.6 Å². The van der Waals surface area contributed by atoms with Crippen molar-refractivity contribution in [3.63, 3.8) is 0 Å². The average molecular weight is 318 g/mol. The summed E-state index contributed by atoms with van der Waals surface area (Å²) >= 11 is 0. The maximum absolute atomic E-state index is 12.6. The molecule has 23 heavy (non-hydrogen) atoms. The van der Waals surface area contributed by atoms with Gasteiger partial charge >= 0.3 is 0 Å². The zero-order valence-electron chi connectivity index (χ0n) is 13.9. The molecule has 0 radical (unpaired) electrons. The van der Waals surface area contributed by atoms with E-state index in [4.69, 9.17) is 0 Å². The molecule has 0 aromatic carbocycles. The number of hydrogen-bond donors (Lipinski definition) is 0. The molecular formula is C16H22N4O3. The summed E-state index contributed by atoms with van der Waals surface area (Å²) in [6, 6.07) is 1.80. The first-order valence-electron chi connectivity index (χ1n) is 7.61. The molecule has 2 aromatic rings. The van der Waals surface area contributed by atoms with E-state index in [9.17, 15) is 9.59 Å². The molecule has 2 rings (SSSR count). The van der Waals surface area contributed by atoms with Crippen LogP contribution in [-0.4, -0.2) is 32.6 Å². The van der Waals surface area contributed by atoms with Gasteiger partial charge in [-0.3, -0.25) is 9.59 Å². The number of carbonyl (C=O) groups is 1. The van der Waals surface area contributed by atoms with Gasteiger partial charge in [-0.2, -0.15) is 4.98 Å². The monoisotopic (exact) mass is 318 g/mol. The second kappa shape index (κ2) is 7.21. The summed E-state index contributed by atoms with van der Waals surface area (Å²) in [4.78, 5) is 30.6. The Hall–Kier alpha value is -2.44. The van der Waals surface area contributed by atoms with E-state index in [1.165, 1.54) is 11.3 Å². The van der Waals surface area contributed by atoms with Crippen LogP contribution in [0.5, 0.6) is 0 Å². The Labute approximate surface area is 134 Å².